The molecule has 0 aromatic carbocycles. The molecule has 16 heavy (non-hydrogen) atoms. The summed E-state index contributed by atoms with van der Waals surface area (Å²) in [5.74, 6) is 5.10. The first-order valence-corrected chi connectivity index (χ1v) is 5.30. The van der Waals surface area contributed by atoms with E-state index in [0.29, 0.717) is 18.2 Å². The SMILES string of the molecule is CCOC(=O)C#Cc1cc(C2CC2)ncn1. The van der Waals surface area contributed by atoms with E-state index in [4.69, 9.17) is 4.74 Å². The summed E-state index contributed by atoms with van der Waals surface area (Å²) >= 11 is 0. The molecule has 0 N–H and O–H groups in total. The van der Waals surface area contributed by atoms with Crippen molar-refractivity contribution in [1.29, 1.82) is 0 Å². The first-order valence-electron chi connectivity index (χ1n) is 5.30. The van der Waals surface area contributed by atoms with E-state index in [9.17, 15) is 4.79 Å². The molecule has 1 aromatic heterocycles. The van der Waals surface area contributed by atoms with E-state index in [0.717, 1.165) is 5.69 Å². The van der Waals surface area contributed by atoms with Crippen molar-refractivity contribution >= 4 is 5.97 Å². The molecule has 1 aliphatic carbocycles. The Morgan fingerprint density at radius 3 is 3.06 bits per heavy atom. The summed E-state index contributed by atoms with van der Waals surface area (Å²) in [4.78, 5) is 19.2. The predicted molar refractivity (Wildman–Crippen MR) is 57.5 cm³/mol. The molecule has 1 fully saturated rings. The van der Waals surface area contributed by atoms with Crippen LogP contribution in [0.1, 0.15) is 37.1 Å². The van der Waals surface area contributed by atoms with Crippen molar-refractivity contribution in [3.05, 3.63) is 23.8 Å². The van der Waals surface area contributed by atoms with E-state index >= 15 is 0 Å². The zero-order chi connectivity index (χ0) is 11.4. The topological polar surface area (TPSA) is 52.1 Å². The maximum absolute atomic E-state index is 11.0. The Labute approximate surface area is 94.1 Å². The highest BCUT2D eigenvalue weighted by molar-refractivity contribution is 5.88. The van der Waals surface area contributed by atoms with Crippen molar-refractivity contribution in [2.24, 2.45) is 0 Å². The van der Waals surface area contributed by atoms with Crippen molar-refractivity contribution in [3.8, 4) is 11.8 Å². The van der Waals surface area contributed by atoms with Crippen LogP contribution < -0.4 is 0 Å². The zero-order valence-electron chi connectivity index (χ0n) is 9.06. The first kappa shape index (κ1) is 10.6. The number of rotatable bonds is 2. The summed E-state index contributed by atoms with van der Waals surface area (Å²) in [5, 5.41) is 0. The average molecular weight is 216 g/mol. The molecule has 4 nitrogen and oxygen atoms in total. The Kier molecular flexibility index (Phi) is 3.16. The molecule has 0 bridgehead atoms. The van der Waals surface area contributed by atoms with Crippen molar-refractivity contribution in [2.75, 3.05) is 6.61 Å². The standard InChI is InChI=1S/C12H12N2O2/c1-2-16-12(15)6-5-10-7-11(9-3-4-9)14-8-13-10/h7-9H,2-4H2,1H3. The molecule has 1 heterocycles. The van der Waals surface area contributed by atoms with Gasteiger partial charge in [0.2, 0.25) is 0 Å². The van der Waals surface area contributed by atoms with Gasteiger partial charge in [-0.1, -0.05) is 0 Å². The second-order valence-electron chi connectivity index (χ2n) is 3.57. The van der Waals surface area contributed by atoms with Crippen LogP contribution >= 0.6 is 0 Å². The van der Waals surface area contributed by atoms with E-state index < -0.39 is 5.97 Å². The molecule has 0 aliphatic heterocycles. The maximum Gasteiger partial charge on any atom is 0.384 e. The van der Waals surface area contributed by atoms with Gasteiger partial charge in [0.1, 0.15) is 12.0 Å². The fourth-order valence-corrected chi connectivity index (χ4v) is 1.33. The van der Waals surface area contributed by atoms with E-state index in [-0.39, 0.29) is 0 Å². The molecular weight excluding hydrogens is 204 g/mol. The minimum absolute atomic E-state index is 0.338. The van der Waals surface area contributed by atoms with Crippen molar-refractivity contribution in [3.63, 3.8) is 0 Å². The van der Waals surface area contributed by atoms with Gasteiger partial charge in [-0.05, 0) is 31.8 Å². The third-order valence-electron chi connectivity index (χ3n) is 2.25. The minimum Gasteiger partial charge on any atom is -0.456 e. The Morgan fingerprint density at radius 1 is 1.56 bits per heavy atom. The number of carbonyl (C=O) groups excluding carboxylic acids is 1. The number of ether oxygens (including phenoxy) is 1. The lowest BCUT2D eigenvalue weighted by Crippen LogP contribution is -2.00. The van der Waals surface area contributed by atoms with Gasteiger partial charge in [-0.15, -0.1) is 0 Å². The van der Waals surface area contributed by atoms with Gasteiger partial charge >= 0.3 is 5.97 Å². The predicted octanol–water partition coefficient (Wildman–Crippen LogP) is 1.27. The Hall–Kier alpha value is -1.89. The normalized spacial score (nSPS) is 13.8. The molecule has 0 saturated heterocycles. The highest BCUT2D eigenvalue weighted by Crippen LogP contribution is 2.38. The first-order chi connectivity index (χ1) is 7.79. The lowest BCUT2D eigenvalue weighted by molar-refractivity contribution is -0.136. The fourth-order valence-electron chi connectivity index (χ4n) is 1.33. The molecule has 0 unspecified atom stereocenters. The Bertz CT molecular complexity index is 456. The number of hydrogen-bond donors (Lipinski definition) is 0. The molecule has 1 aromatic rings. The largest absolute Gasteiger partial charge is 0.456 e. The number of esters is 1. The lowest BCUT2D eigenvalue weighted by atomic mass is 10.2. The quantitative estimate of drug-likeness (QED) is 0.551. The third kappa shape index (κ3) is 2.80. The monoisotopic (exact) mass is 216 g/mol. The summed E-state index contributed by atoms with van der Waals surface area (Å²) in [5.41, 5.74) is 1.59. The van der Waals surface area contributed by atoms with E-state index in [1.165, 1.54) is 19.2 Å². The molecular formula is C12H12N2O2. The van der Waals surface area contributed by atoms with Gasteiger partial charge < -0.3 is 4.74 Å². The van der Waals surface area contributed by atoms with E-state index in [1.807, 2.05) is 6.07 Å². The van der Waals surface area contributed by atoms with Crippen molar-refractivity contribution in [2.45, 2.75) is 25.7 Å². The highest BCUT2D eigenvalue weighted by atomic mass is 16.5. The van der Waals surface area contributed by atoms with Crippen LogP contribution in [0.15, 0.2) is 12.4 Å². The summed E-state index contributed by atoms with van der Waals surface area (Å²) in [6, 6.07) is 1.84. The third-order valence-corrected chi connectivity index (χ3v) is 2.25. The van der Waals surface area contributed by atoms with Crippen LogP contribution in [-0.4, -0.2) is 22.5 Å². The Balaban J connectivity index is 2.08. The van der Waals surface area contributed by atoms with Crippen LogP contribution in [0.5, 0.6) is 0 Å². The molecule has 1 aliphatic rings. The second kappa shape index (κ2) is 4.75. The van der Waals surface area contributed by atoms with Crippen LogP contribution in [-0.2, 0) is 9.53 Å². The zero-order valence-corrected chi connectivity index (χ0v) is 9.06. The molecule has 0 spiro atoms. The number of hydrogen-bond acceptors (Lipinski definition) is 4. The number of aromatic nitrogens is 2. The summed E-state index contributed by atoms with van der Waals surface area (Å²) in [6.45, 7) is 2.08. The van der Waals surface area contributed by atoms with E-state index in [1.54, 1.807) is 6.92 Å². The van der Waals surface area contributed by atoms with Gasteiger partial charge in [0.25, 0.3) is 0 Å². The average Bonchev–Trinajstić information content (AvgIpc) is 3.11. The van der Waals surface area contributed by atoms with Crippen molar-refractivity contribution in [1.82, 2.24) is 9.97 Å². The van der Waals surface area contributed by atoms with Crippen LogP contribution in [0.4, 0.5) is 0 Å². The van der Waals surface area contributed by atoms with Crippen molar-refractivity contribution < 1.29 is 9.53 Å². The molecule has 1 saturated carbocycles. The highest BCUT2D eigenvalue weighted by Gasteiger charge is 2.24. The maximum atomic E-state index is 11.0. The van der Waals surface area contributed by atoms with E-state index in [2.05, 4.69) is 21.8 Å². The molecule has 0 amide bonds. The van der Waals surface area contributed by atoms with Crippen LogP contribution in [0.3, 0.4) is 0 Å². The van der Waals surface area contributed by atoms with Gasteiger partial charge in [-0.2, -0.15) is 0 Å². The number of nitrogens with zero attached hydrogens (tertiary/aromatic N) is 2. The van der Waals surface area contributed by atoms with Gasteiger partial charge in [-0.3, -0.25) is 0 Å². The summed E-state index contributed by atoms with van der Waals surface area (Å²) < 4.78 is 4.70. The van der Waals surface area contributed by atoms with Gasteiger partial charge in [0.15, 0.2) is 0 Å². The molecule has 2 rings (SSSR count). The van der Waals surface area contributed by atoms with Gasteiger partial charge in [0, 0.05) is 17.5 Å². The summed E-state index contributed by atoms with van der Waals surface area (Å²) in [6.07, 6.45) is 3.85. The lowest BCUT2D eigenvalue weighted by Gasteiger charge is -1.95. The Morgan fingerprint density at radius 2 is 2.38 bits per heavy atom. The van der Waals surface area contributed by atoms with Gasteiger partial charge in [-0.25, -0.2) is 14.8 Å². The van der Waals surface area contributed by atoms with Crippen LogP contribution in [0, 0.1) is 11.8 Å². The summed E-state index contributed by atoms with van der Waals surface area (Å²) in [7, 11) is 0. The minimum atomic E-state index is -0.519. The fraction of sp³-hybridized carbons (Fsp3) is 0.417. The van der Waals surface area contributed by atoms with Gasteiger partial charge in [0.05, 0.1) is 6.61 Å². The molecule has 0 radical (unpaired) electrons. The molecule has 0 atom stereocenters. The van der Waals surface area contributed by atoms with Crippen LogP contribution in [0.2, 0.25) is 0 Å². The smallest absolute Gasteiger partial charge is 0.384 e. The number of carbonyl (C=O) groups is 1. The second-order valence-corrected chi connectivity index (χ2v) is 3.57. The molecule has 4 heteroatoms. The molecule has 82 valence electrons. The van der Waals surface area contributed by atoms with Crippen LogP contribution in [0.25, 0.3) is 0 Å².